The molecular weight excluding hydrogens is 350 g/mol. The van der Waals surface area contributed by atoms with Crippen LogP contribution < -0.4 is 5.43 Å². The van der Waals surface area contributed by atoms with Crippen LogP contribution in [0, 0.1) is 13.8 Å². The third-order valence-electron chi connectivity index (χ3n) is 4.66. The molecule has 3 aromatic rings. The molecular formula is C19H19N3O3S. The number of rotatable bonds is 2. The van der Waals surface area contributed by atoms with E-state index in [0.717, 1.165) is 21.8 Å². The molecule has 1 saturated heterocycles. The summed E-state index contributed by atoms with van der Waals surface area (Å²) in [6.45, 7) is 5.14. The van der Waals surface area contributed by atoms with Crippen molar-refractivity contribution >= 4 is 28.1 Å². The van der Waals surface area contributed by atoms with Crippen LogP contribution in [-0.4, -0.2) is 40.5 Å². The predicted molar refractivity (Wildman–Crippen MR) is 101 cm³/mol. The molecule has 0 radical (unpaired) electrons. The second kappa shape index (κ2) is 6.66. The largest absolute Gasteiger partial charge is 0.377 e. The Bertz CT molecular complexity index is 1040. The average molecular weight is 369 g/mol. The van der Waals surface area contributed by atoms with Crippen LogP contribution in [0.4, 0.5) is 0 Å². The molecule has 1 N–H and O–H groups in total. The fourth-order valence-corrected chi connectivity index (χ4v) is 4.19. The van der Waals surface area contributed by atoms with Crippen molar-refractivity contribution in [3.05, 3.63) is 61.8 Å². The minimum atomic E-state index is -0.282. The number of hydrogen-bond donors (Lipinski definition) is 1. The summed E-state index contributed by atoms with van der Waals surface area (Å²) in [4.78, 5) is 35.4. The van der Waals surface area contributed by atoms with Crippen molar-refractivity contribution in [3.8, 4) is 0 Å². The van der Waals surface area contributed by atoms with E-state index in [1.807, 2.05) is 31.4 Å². The zero-order chi connectivity index (χ0) is 18.3. The van der Waals surface area contributed by atoms with Gasteiger partial charge in [0.15, 0.2) is 0 Å². The van der Waals surface area contributed by atoms with Gasteiger partial charge in [-0.15, -0.1) is 11.3 Å². The van der Waals surface area contributed by atoms with E-state index in [4.69, 9.17) is 4.74 Å². The lowest BCUT2D eigenvalue weighted by atomic mass is 10.1. The number of H-pyrrole nitrogens is 1. The number of carbonyl (C=O) groups excluding carboxylic acids is 1. The van der Waals surface area contributed by atoms with E-state index in [1.165, 1.54) is 17.5 Å². The normalized spacial score (nSPS) is 17.6. The molecule has 0 aliphatic carbocycles. The molecule has 4 rings (SSSR count). The lowest BCUT2D eigenvalue weighted by Crippen LogP contribution is -2.44. The SMILES string of the molecule is Cc1csc(C2COCCN2C(=O)c2c[nH]c3c(C)cccc3c2=O)n1. The summed E-state index contributed by atoms with van der Waals surface area (Å²) in [6.07, 6.45) is 1.53. The second-order valence-corrected chi connectivity index (χ2v) is 7.34. The standard InChI is InChI=1S/C19H19N3O3S/c1-11-4-3-5-13-16(11)20-8-14(17(13)23)19(24)22-6-7-25-9-15(22)18-21-12(2)10-26-18/h3-5,8,10,15H,6-7,9H2,1-2H3,(H,20,23). The lowest BCUT2D eigenvalue weighted by molar-refractivity contribution is -0.00285. The molecule has 1 fully saturated rings. The number of morpholine rings is 1. The van der Waals surface area contributed by atoms with Crippen molar-refractivity contribution in [1.82, 2.24) is 14.9 Å². The molecule has 3 heterocycles. The summed E-state index contributed by atoms with van der Waals surface area (Å²) in [5.74, 6) is -0.282. The monoisotopic (exact) mass is 369 g/mol. The first kappa shape index (κ1) is 16.9. The number of nitrogens with one attached hydrogen (secondary N) is 1. The van der Waals surface area contributed by atoms with Crippen molar-refractivity contribution in [2.24, 2.45) is 0 Å². The zero-order valence-corrected chi connectivity index (χ0v) is 15.4. The molecule has 2 aromatic heterocycles. The van der Waals surface area contributed by atoms with Gasteiger partial charge in [0.2, 0.25) is 5.43 Å². The minimum Gasteiger partial charge on any atom is -0.377 e. The Labute approximate surface area is 154 Å². The van der Waals surface area contributed by atoms with Gasteiger partial charge < -0.3 is 14.6 Å². The Morgan fingerprint density at radius 3 is 3.00 bits per heavy atom. The van der Waals surface area contributed by atoms with E-state index in [-0.39, 0.29) is 22.9 Å². The van der Waals surface area contributed by atoms with E-state index in [9.17, 15) is 9.59 Å². The lowest BCUT2D eigenvalue weighted by Gasteiger charge is -2.34. The molecule has 6 nitrogen and oxygen atoms in total. The number of ether oxygens (including phenoxy) is 1. The van der Waals surface area contributed by atoms with Crippen molar-refractivity contribution in [2.45, 2.75) is 19.9 Å². The molecule has 1 aliphatic heterocycles. The first-order valence-corrected chi connectivity index (χ1v) is 9.36. The quantitative estimate of drug-likeness (QED) is 0.754. The number of amides is 1. The molecule has 0 saturated carbocycles. The molecule has 1 atom stereocenters. The number of fused-ring (bicyclic) bond motifs is 1. The summed E-state index contributed by atoms with van der Waals surface area (Å²) < 4.78 is 5.57. The van der Waals surface area contributed by atoms with Crippen LogP contribution in [0.15, 0.2) is 34.6 Å². The summed E-state index contributed by atoms with van der Waals surface area (Å²) in [5, 5.41) is 3.33. The van der Waals surface area contributed by atoms with Crippen LogP contribution in [0.25, 0.3) is 10.9 Å². The zero-order valence-electron chi connectivity index (χ0n) is 14.6. The van der Waals surface area contributed by atoms with Gasteiger partial charge in [0, 0.05) is 29.2 Å². The average Bonchev–Trinajstić information content (AvgIpc) is 3.08. The van der Waals surface area contributed by atoms with Gasteiger partial charge in [-0.3, -0.25) is 9.59 Å². The Morgan fingerprint density at radius 2 is 2.23 bits per heavy atom. The number of aromatic amines is 1. The Hall–Kier alpha value is -2.51. The highest BCUT2D eigenvalue weighted by Gasteiger charge is 2.32. The minimum absolute atomic E-state index is 0.156. The number of nitrogens with zero attached hydrogens (tertiary/aromatic N) is 2. The number of para-hydroxylation sites is 1. The van der Waals surface area contributed by atoms with Crippen LogP contribution >= 0.6 is 11.3 Å². The highest BCUT2D eigenvalue weighted by Crippen LogP contribution is 2.28. The van der Waals surface area contributed by atoms with Gasteiger partial charge in [-0.05, 0) is 25.5 Å². The topological polar surface area (TPSA) is 75.3 Å². The predicted octanol–water partition coefficient (Wildman–Crippen LogP) is 2.82. The molecule has 1 aromatic carbocycles. The Kier molecular flexibility index (Phi) is 4.34. The van der Waals surface area contributed by atoms with Crippen molar-refractivity contribution in [1.29, 1.82) is 0 Å². The number of carbonyl (C=O) groups is 1. The smallest absolute Gasteiger partial charge is 0.260 e. The summed E-state index contributed by atoms with van der Waals surface area (Å²) in [7, 11) is 0. The number of benzene rings is 1. The van der Waals surface area contributed by atoms with E-state index in [0.29, 0.717) is 25.1 Å². The number of aromatic nitrogens is 2. The van der Waals surface area contributed by atoms with Crippen LogP contribution in [0.5, 0.6) is 0 Å². The molecule has 26 heavy (non-hydrogen) atoms. The third kappa shape index (κ3) is 2.83. The Balaban J connectivity index is 1.75. The van der Waals surface area contributed by atoms with Gasteiger partial charge in [0.05, 0.1) is 18.7 Å². The molecule has 0 spiro atoms. The Morgan fingerprint density at radius 1 is 1.38 bits per heavy atom. The number of thiazole rings is 1. The van der Waals surface area contributed by atoms with Crippen molar-refractivity contribution in [2.75, 3.05) is 19.8 Å². The first-order chi connectivity index (χ1) is 12.6. The van der Waals surface area contributed by atoms with Gasteiger partial charge in [-0.2, -0.15) is 0 Å². The fourth-order valence-electron chi connectivity index (χ4n) is 3.29. The summed E-state index contributed by atoms with van der Waals surface area (Å²) in [5.41, 5.74) is 2.57. The van der Waals surface area contributed by atoms with Gasteiger partial charge in [0.25, 0.3) is 5.91 Å². The van der Waals surface area contributed by atoms with E-state index in [1.54, 1.807) is 11.0 Å². The maximum atomic E-state index is 13.2. The maximum absolute atomic E-state index is 13.2. The molecule has 0 bridgehead atoms. The van der Waals surface area contributed by atoms with Crippen molar-refractivity contribution < 1.29 is 9.53 Å². The van der Waals surface area contributed by atoms with Gasteiger partial charge in [-0.1, -0.05) is 12.1 Å². The number of aryl methyl sites for hydroxylation is 2. The number of hydrogen-bond acceptors (Lipinski definition) is 5. The van der Waals surface area contributed by atoms with Crippen LogP contribution in [-0.2, 0) is 4.74 Å². The van der Waals surface area contributed by atoms with E-state index >= 15 is 0 Å². The summed E-state index contributed by atoms with van der Waals surface area (Å²) >= 11 is 1.51. The van der Waals surface area contributed by atoms with E-state index < -0.39 is 0 Å². The fraction of sp³-hybridized carbons (Fsp3) is 0.316. The molecule has 1 aliphatic rings. The van der Waals surface area contributed by atoms with Crippen LogP contribution in [0.3, 0.4) is 0 Å². The van der Waals surface area contributed by atoms with E-state index in [2.05, 4.69) is 9.97 Å². The molecule has 134 valence electrons. The van der Waals surface area contributed by atoms with Gasteiger partial charge >= 0.3 is 0 Å². The van der Waals surface area contributed by atoms with Crippen LogP contribution in [0.1, 0.15) is 32.7 Å². The first-order valence-electron chi connectivity index (χ1n) is 8.48. The van der Waals surface area contributed by atoms with Crippen molar-refractivity contribution in [3.63, 3.8) is 0 Å². The maximum Gasteiger partial charge on any atom is 0.260 e. The molecule has 1 amide bonds. The molecule has 1 unspecified atom stereocenters. The third-order valence-corrected chi connectivity index (χ3v) is 5.73. The van der Waals surface area contributed by atoms with Gasteiger partial charge in [-0.25, -0.2) is 4.98 Å². The van der Waals surface area contributed by atoms with Gasteiger partial charge in [0.1, 0.15) is 16.6 Å². The van der Waals surface area contributed by atoms with Crippen LogP contribution in [0.2, 0.25) is 0 Å². The second-order valence-electron chi connectivity index (χ2n) is 6.45. The number of pyridine rings is 1. The highest BCUT2D eigenvalue weighted by atomic mass is 32.1. The summed E-state index contributed by atoms with van der Waals surface area (Å²) in [6, 6.07) is 5.25. The molecule has 7 heteroatoms. The highest BCUT2D eigenvalue weighted by molar-refractivity contribution is 7.09.